The zero-order chi connectivity index (χ0) is 14.5. The van der Waals surface area contributed by atoms with E-state index < -0.39 is 0 Å². The van der Waals surface area contributed by atoms with E-state index in [0.29, 0.717) is 11.9 Å². The van der Waals surface area contributed by atoms with Crippen LogP contribution in [0.3, 0.4) is 0 Å². The van der Waals surface area contributed by atoms with Gasteiger partial charge in [0.05, 0.1) is 5.92 Å². The molecule has 0 saturated carbocycles. The molecule has 2 heterocycles. The molecule has 0 aromatic heterocycles. The van der Waals surface area contributed by atoms with Gasteiger partial charge in [-0.2, -0.15) is 0 Å². The molecule has 0 bridgehead atoms. The molecule has 2 fully saturated rings. The zero-order valence-corrected chi connectivity index (χ0v) is 13.3. The molecule has 5 heteroatoms. The summed E-state index contributed by atoms with van der Waals surface area (Å²) in [5.74, 6) is 0.514. The summed E-state index contributed by atoms with van der Waals surface area (Å²) in [4.78, 5) is 19.0. The lowest BCUT2D eigenvalue weighted by Crippen LogP contribution is -2.45. The normalized spacial score (nSPS) is 25.3. The summed E-state index contributed by atoms with van der Waals surface area (Å²) in [6.07, 6.45) is 3.49. The van der Waals surface area contributed by atoms with Gasteiger partial charge >= 0.3 is 0 Å². The van der Waals surface area contributed by atoms with Crippen molar-refractivity contribution in [2.75, 3.05) is 60.4 Å². The molecule has 116 valence electrons. The van der Waals surface area contributed by atoms with E-state index in [1.807, 2.05) is 11.9 Å². The van der Waals surface area contributed by atoms with Crippen molar-refractivity contribution in [3.8, 4) is 0 Å². The number of nitrogens with one attached hydrogen (secondary N) is 1. The van der Waals surface area contributed by atoms with Gasteiger partial charge in [-0.25, -0.2) is 0 Å². The number of hydrogen-bond donors (Lipinski definition) is 1. The molecule has 1 N–H and O–H groups in total. The third-order valence-corrected chi connectivity index (χ3v) is 4.89. The van der Waals surface area contributed by atoms with Gasteiger partial charge < -0.3 is 20.0 Å². The van der Waals surface area contributed by atoms with Crippen LogP contribution < -0.4 is 5.32 Å². The first-order valence-corrected chi connectivity index (χ1v) is 7.92. The van der Waals surface area contributed by atoms with Crippen molar-refractivity contribution in [3.05, 3.63) is 0 Å². The van der Waals surface area contributed by atoms with E-state index in [9.17, 15) is 4.79 Å². The first-order chi connectivity index (χ1) is 9.58. The Hall–Kier alpha value is -0.650. The summed E-state index contributed by atoms with van der Waals surface area (Å²) < 4.78 is 0. The van der Waals surface area contributed by atoms with E-state index in [-0.39, 0.29) is 5.92 Å². The third kappa shape index (κ3) is 4.17. The van der Waals surface area contributed by atoms with Crippen LogP contribution in [0.5, 0.6) is 0 Å². The second kappa shape index (κ2) is 7.38. The molecule has 5 nitrogen and oxygen atoms in total. The lowest BCUT2D eigenvalue weighted by Gasteiger charge is -2.36. The SMILES string of the molecule is CN1CCC(N(C)CCN(C)C(=O)C2CCNC2)CC1. The number of piperidine rings is 1. The number of carbonyl (C=O) groups is 1. The molecule has 1 amide bonds. The number of likely N-dealkylation sites (tertiary alicyclic amines) is 1. The predicted molar refractivity (Wildman–Crippen MR) is 81.8 cm³/mol. The van der Waals surface area contributed by atoms with Crippen LogP contribution in [0.4, 0.5) is 0 Å². The van der Waals surface area contributed by atoms with Gasteiger partial charge in [0.25, 0.3) is 0 Å². The van der Waals surface area contributed by atoms with Crippen molar-refractivity contribution in [1.29, 1.82) is 0 Å². The van der Waals surface area contributed by atoms with Crippen molar-refractivity contribution in [2.24, 2.45) is 5.92 Å². The van der Waals surface area contributed by atoms with Crippen molar-refractivity contribution in [3.63, 3.8) is 0 Å². The number of likely N-dealkylation sites (N-methyl/N-ethyl adjacent to an activating group) is 2. The van der Waals surface area contributed by atoms with Gasteiger partial charge in [0.15, 0.2) is 0 Å². The van der Waals surface area contributed by atoms with Gasteiger partial charge in [-0.15, -0.1) is 0 Å². The van der Waals surface area contributed by atoms with Crippen LogP contribution in [-0.2, 0) is 4.79 Å². The molecule has 2 aliphatic rings. The third-order valence-electron chi connectivity index (χ3n) is 4.89. The topological polar surface area (TPSA) is 38.8 Å². The molecule has 2 rings (SSSR count). The highest BCUT2D eigenvalue weighted by atomic mass is 16.2. The molecule has 0 aromatic carbocycles. The molecule has 1 atom stereocenters. The Kier molecular flexibility index (Phi) is 5.81. The molecule has 2 aliphatic heterocycles. The average Bonchev–Trinajstić information content (AvgIpc) is 2.98. The first kappa shape index (κ1) is 15.7. The highest BCUT2D eigenvalue weighted by Gasteiger charge is 2.26. The highest BCUT2D eigenvalue weighted by Crippen LogP contribution is 2.14. The smallest absolute Gasteiger partial charge is 0.226 e. The fourth-order valence-corrected chi connectivity index (χ4v) is 3.21. The van der Waals surface area contributed by atoms with Gasteiger partial charge in [-0.1, -0.05) is 0 Å². The standard InChI is InChI=1S/C15H30N4O/c1-17-8-5-14(6-9-17)18(2)10-11-19(3)15(20)13-4-7-16-12-13/h13-14,16H,4-12H2,1-3H3. The monoisotopic (exact) mass is 282 g/mol. The molecular formula is C15H30N4O. The van der Waals surface area contributed by atoms with Crippen LogP contribution in [0.1, 0.15) is 19.3 Å². The van der Waals surface area contributed by atoms with Crippen LogP contribution in [0, 0.1) is 5.92 Å². The molecule has 2 saturated heterocycles. The molecular weight excluding hydrogens is 252 g/mol. The average molecular weight is 282 g/mol. The van der Waals surface area contributed by atoms with Gasteiger partial charge in [0.2, 0.25) is 5.91 Å². The summed E-state index contributed by atoms with van der Waals surface area (Å²) in [5.41, 5.74) is 0. The minimum atomic E-state index is 0.202. The molecule has 0 aliphatic carbocycles. The van der Waals surface area contributed by atoms with Crippen molar-refractivity contribution < 1.29 is 4.79 Å². The van der Waals surface area contributed by atoms with E-state index >= 15 is 0 Å². The maximum atomic E-state index is 12.2. The molecule has 0 spiro atoms. The van der Waals surface area contributed by atoms with E-state index in [1.165, 1.54) is 25.9 Å². The zero-order valence-electron chi connectivity index (χ0n) is 13.3. The first-order valence-electron chi connectivity index (χ1n) is 7.92. The Bertz CT molecular complexity index is 309. The fraction of sp³-hybridized carbons (Fsp3) is 0.933. The largest absolute Gasteiger partial charge is 0.344 e. The Morgan fingerprint density at radius 2 is 1.90 bits per heavy atom. The maximum absolute atomic E-state index is 12.2. The summed E-state index contributed by atoms with van der Waals surface area (Å²) in [6, 6.07) is 0.683. The second-order valence-electron chi connectivity index (χ2n) is 6.46. The number of hydrogen-bond acceptors (Lipinski definition) is 4. The van der Waals surface area contributed by atoms with Crippen LogP contribution in [-0.4, -0.2) is 87.1 Å². The molecule has 0 aromatic rings. The van der Waals surface area contributed by atoms with Gasteiger partial charge in [-0.05, 0) is 53.0 Å². The fourth-order valence-electron chi connectivity index (χ4n) is 3.21. The summed E-state index contributed by atoms with van der Waals surface area (Å²) >= 11 is 0. The Labute approximate surface area is 123 Å². The summed E-state index contributed by atoms with van der Waals surface area (Å²) in [7, 11) is 6.34. The van der Waals surface area contributed by atoms with E-state index in [1.54, 1.807) is 0 Å². The maximum Gasteiger partial charge on any atom is 0.226 e. The number of rotatable bonds is 5. The van der Waals surface area contributed by atoms with Crippen LogP contribution in [0.25, 0.3) is 0 Å². The minimum absolute atomic E-state index is 0.202. The summed E-state index contributed by atoms with van der Waals surface area (Å²) in [5, 5.41) is 3.27. The van der Waals surface area contributed by atoms with E-state index in [2.05, 4.69) is 29.2 Å². The van der Waals surface area contributed by atoms with E-state index in [4.69, 9.17) is 0 Å². The van der Waals surface area contributed by atoms with Crippen molar-refractivity contribution in [2.45, 2.75) is 25.3 Å². The second-order valence-corrected chi connectivity index (χ2v) is 6.46. The lowest BCUT2D eigenvalue weighted by molar-refractivity contribution is -0.133. The predicted octanol–water partition coefficient (Wildman–Crippen LogP) is 0.0803. The van der Waals surface area contributed by atoms with Crippen LogP contribution >= 0.6 is 0 Å². The van der Waals surface area contributed by atoms with Crippen LogP contribution in [0.15, 0.2) is 0 Å². The number of amides is 1. The molecule has 20 heavy (non-hydrogen) atoms. The lowest BCUT2D eigenvalue weighted by atomic mass is 10.0. The Morgan fingerprint density at radius 3 is 2.50 bits per heavy atom. The van der Waals surface area contributed by atoms with E-state index in [0.717, 1.165) is 32.6 Å². The summed E-state index contributed by atoms with van der Waals surface area (Å²) in [6.45, 7) is 6.05. The van der Waals surface area contributed by atoms with Gasteiger partial charge in [-0.3, -0.25) is 4.79 Å². The minimum Gasteiger partial charge on any atom is -0.344 e. The Balaban J connectivity index is 1.69. The van der Waals surface area contributed by atoms with Crippen molar-refractivity contribution >= 4 is 5.91 Å². The van der Waals surface area contributed by atoms with Crippen molar-refractivity contribution in [1.82, 2.24) is 20.0 Å². The van der Waals surface area contributed by atoms with Gasteiger partial charge in [0.1, 0.15) is 0 Å². The Morgan fingerprint density at radius 1 is 1.20 bits per heavy atom. The molecule has 0 radical (unpaired) electrons. The van der Waals surface area contributed by atoms with Crippen LogP contribution in [0.2, 0.25) is 0 Å². The highest BCUT2D eigenvalue weighted by molar-refractivity contribution is 5.79. The van der Waals surface area contributed by atoms with Gasteiger partial charge in [0, 0.05) is 32.7 Å². The molecule has 1 unspecified atom stereocenters. The number of carbonyl (C=O) groups excluding carboxylic acids is 1. The number of nitrogens with zero attached hydrogens (tertiary/aromatic N) is 3. The quantitative estimate of drug-likeness (QED) is 0.775.